The smallest absolute Gasteiger partial charge is 0.0767 e. The maximum atomic E-state index is 4.30. The predicted octanol–water partition coefficient (Wildman–Crippen LogP) is 2.36. The van der Waals surface area contributed by atoms with Crippen LogP contribution in [0.2, 0.25) is 0 Å². The van der Waals surface area contributed by atoms with Crippen LogP contribution in [0.15, 0.2) is 0 Å². The van der Waals surface area contributed by atoms with Gasteiger partial charge in [0.2, 0.25) is 0 Å². The Hall–Kier alpha value is 1.48. The van der Waals surface area contributed by atoms with Crippen molar-refractivity contribution in [3.05, 3.63) is 0 Å². The second-order valence-corrected chi connectivity index (χ2v) is 11.1. The van der Waals surface area contributed by atoms with Gasteiger partial charge in [-0.05, 0) is 0 Å². The second kappa shape index (κ2) is 1.77. The number of hydrogen-bond acceptors (Lipinski definition) is 3. The van der Waals surface area contributed by atoms with Crippen molar-refractivity contribution in [1.29, 1.82) is 0 Å². The van der Waals surface area contributed by atoms with Crippen molar-refractivity contribution in [3.8, 4) is 0 Å². The Balaban J connectivity index is 2.31. The Morgan fingerprint density at radius 3 is 1.67 bits per heavy atom. The van der Waals surface area contributed by atoms with Gasteiger partial charge in [0.15, 0.2) is 0 Å². The highest BCUT2D eigenvalue weighted by Crippen LogP contribution is 2.78. The fourth-order valence-electron chi connectivity index (χ4n) is 0.255. The van der Waals surface area contributed by atoms with Gasteiger partial charge < -0.3 is 0 Å². The molecule has 0 nitrogen and oxygen atoms in total. The molecule has 0 aromatic rings. The average molecular weight is 157 g/mol. The molecule has 0 unspecified atom stereocenters. The molecule has 36 valence electrons. The van der Waals surface area contributed by atoms with Crippen molar-refractivity contribution >= 4 is 41.9 Å². The lowest BCUT2D eigenvalue weighted by Gasteiger charge is -2.20. The third kappa shape index (κ3) is 1.22. The van der Waals surface area contributed by atoms with Crippen molar-refractivity contribution < 1.29 is 0 Å². The van der Waals surface area contributed by atoms with Gasteiger partial charge in [-0.1, -0.05) is 11.8 Å². The summed E-state index contributed by atoms with van der Waals surface area (Å²) >= 11 is 10.5. The van der Waals surface area contributed by atoms with Crippen LogP contribution in [0, 0.1) is 0 Å². The normalized spacial score (nSPS) is 29.0. The van der Waals surface area contributed by atoms with Crippen LogP contribution in [0.25, 0.3) is 0 Å². The lowest BCUT2D eigenvalue weighted by Crippen LogP contribution is -1.95. The molecule has 1 fully saturated rings. The van der Waals surface area contributed by atoms with Gasteiger partial charge >= 0.3 is 0 Å². The molecule has 1 heterocycles. The summed E-state index contributed by atoms with van der Waals surface area (Å²) in [5.41, 5.74) is 1.55. The molecule has 6 heavy (non-hydrogen) atoms. The van der Waals surface area contributed by atoms with Gasteiger partial charge in [0.1, 0.15) is 16.7 Å². The minimum atomic E-state index is -0.864. The van der Waals surface area contributed by atoms with Crippen LogP contribution in [0.5, 0.6) is 0 Å². The highest BCUT2D eigenvalue weighted by atomic mass is 33.1. The molecule has 0 spiro atoms. The lowest BCUT2D eigenvalue weighted by atomic mass is 11.8. The predicted molar refractivity (Wildman–Crippen MR) is 42.2 cm³/mol. The monoisotopic (exact) mass is 157 g/mol. The third-order valence-electron chi connectivity index (χ3n) is 0.596. The molecule has 1 saturated heterocycles. The van der Waals surface area contributed by atoms with E-state index in [1.165, 1.54) is 11.0 Å². The molecule has 1 rings (SSSR count). The fraction of sp³-hybridized carbons (Fsp3) is 1.00. The average Bonchev–Trinajstić information content (AvgIpc) is 1.32. The maximum absolute atomic E-state index is 4.30. The first-order valence-electron chi connectivity index (χ1n) is 1.61. The highest BCUT2D eigenvalue weighted by Gasteiger charge is 2.38. The molecule has 0 aromatic carbocycles. The molecule has 1 aliphatic heterocycles. The molecule has 4 heteroatoms. The molecule has 0 aromatic heterocycles. The van der Waals surface area contributed by atoms with Gasteiger partial charge in [0, 0.05) is 24.5 Å². The van der Waals surface area contributed by atoms with Crippen molar-refractivity contribution in [3.63, 3.8) is 0 Å². The molecular formula is C2H6PS3+. The largest absolute Gasteiger partial charge is 0.146 e. The summed E-state index contributed by atoms with van der Waals surface area (Å²) in [6.07, 6.45) is 0. The van der Waals surface area contributed by atoms with Gasteiger partial charge in [-0.3, -0.25) is 0 Å². The van der Waals surface area contributed by atoms with E-state index >= 15 is 0 Å². The highest BCUT2D eigenvalue weighted by molar-refractivity contribution is 8.89. The SMILES string of the molecule is S[P+]1(S)CSC1. The number of thiol groups is 2. The first-order valence-corrected chi connectivity index (χ1v) is 7.23. The fourth-order valence-corrected chi connectivity index (χ4v) is 5.23. The van der Waals surface area contributed by atoms with Crippen molar-refractivity contribution in [2.75, 3.05) is 11.0 Å². The molecule has 0 N–H and O–H groups in total. The van der Waals surface area contributed by atoms with Crippen LogP contribution in [-0.4, -0.2) is 11.0 Å². The summed E-state index contributed by atoms with van der Waals surface area (Å²) in [5.74, 6) is 0. The van der Waals surface area contributed by atoms with Gasteiger partial charge in [0.25, 0.3) is 0 Å². The molecule has 0 aliphatic carbocycles. The molecule has 0 radical (unpaired) electrons. The van der Waals surface area contributed by atoms with Crippen molar-refractivity contribution in [2.45, 2.75) is 0 Å². The van der Waals surface area contributed by atoms with E-state index in [0.717, 1.165) is 0 Å². The lowest BCUT2D eigenvalue weighted by molar-refractivity contribution is 1.96. The topological polar surface area (TPSA) is 0 Å². The summed E-state index contributed by atoms with van der Waals surface area (Å²) in [6.45, 7) is 0. The summed E-state index contributed by atoms with van der Waals surface area (Å²) in [6, 6.07) is 0. The van der Waals surface area contributed by atoms with Crippen LogP contribution >= 0.6 is 41.9 Å². The van der Waals surface area contributed by atoms with Gasteiger partial charge in [0.05, 0.1) is 0 Å². The zero-order chi connectivity index (χ0) is 4.62. The van der Waals surface area contributed by atoms with E-state index in [2.05, 4.69) is 24.5 Å². The molecule has 0 atom stereocenters. The Morgan fingerprint density at radius 1 is 1.33 bits per heavy atom. The second-order valence-electron chi connectivity index (χ2n) is 1.34. The minimum Gasteiger partial charge on any atom is -0.0767 e. The van der Waals surface area contributed by atoms with Gasteiger partial charge in [-0.2, -0.15) is 0 Å². The Labute approximate surface area is 53.1 Å². The summed E-state index contributed by atoms with van der Waals surface area (Å²) in [4.78, 5) is 0. The van der Waals surface area contributed by atoms with Crippen LogP contribution in [-0.2, 0) is 0 Å². The zero-order valence-electron chi connectivity index (χ0n) is 3.16. The zero-order valence-corrected chi connectivity index (χ0v) is 6.66. The van der Waals surface area contributed by atoms with Gasteiger partial charge in [-0.25, -0.2) is 0 Å². The number of hydrogen-bond donors (Lipinski definition) is 2. The Bertz CT molecular complexity index is 55.8. The van der Waals surface area contributed by atoms with E-state index in [1.54, 1.807) is 0 Å². The quantitative estimate of drug-likeness (QED) is 0.402. The van der Waals surface area contributed by atoms with E-state index in [4.69, 9.17) is 0 Å². The molecule has 1 aliphatic rings. The minimum absolute atomic E-state index is 0.864. The molecular weight excluding hydrogens is 151 g/mol. The van der Waals surface area contributed by atoms with Gasteiger partial charge in [-0.15, -0.1) is 0 Å². The first kappa shape index (κ1) is 5.61. The molecule has 0 saturated carbocycles. The van der Waals surface area contributed by atoms with Crippen LogP contribution < -0.4 is 0 Å². The van der Waals surface area contributed by atoms with E-state index in [-0.39, 0.29) is 0 Å². The Kier molecular flexibility index (Phi) is 1.66. The van der Waals surface area contributed by atoms with Crippen LogP contribution in [0.4, 0.5) is 0 Å². The maximum Gasteiger partial charge on any atom is 0.146 e. The first-order chi connectivity index (χ1) is 2.71. The molecule has 0 bridgehead atoms. The van der Waals surface area contributed by atoms with Crippen LogP contribution in [0.3, 0.4) is 0 Å². The third-order valence-corrected chi connectivity index (χ3v) is 9.52. The summed E-state index contributed by atoms with van der Waals surface area (Å²) in [7, 11) is 0. The summed E-state index contributed by atoms with van der Waals surface area (Å²) in [5, 5.41) is 0. The van der Waals surface area contributed by atoms with E-state index in [9.17, 15) is 0 Å². The molecule has 0 amide bonds. The number of thioether (sulfide) groups is 1. The number of rotatable bonds is 0. The standard InChI is InChI=1S/C2H6PS3/c4-3(5)1-6-2-3/h4-5H,1-2H2/q+1. The van der Waals surface area contributed by atoms with Crippen molar-refractivity contribution in [2.24, 2.45) is 0 Å². The van der Waals surface area contributed by atoms with E-state index in [1.807, 2.05) is 11.8 Å². The van der Waals surface area contributed by atoms with Crippen LogP contribution in [0.1, 0.15) is 0 Å². The summed E-state index contributed by atoms with van der Waals surface area (Å²) < 4.78 is 0. The van der Waals surface area contributed by atoms with E-state index in [0.29, 0.717) is 0 Å². The van der Waals surface area contributed by atoms with E-state index < -0.39 is 5.67 Å². The van der Waals surface area contributed by atoms with Crippen molar-refractivity contribution in [1.82, 2.24) is 0 Å². The Morgan fingerprint density at radius 2 is 1.67 bits per heavy atom.